The van der Waals surface area contributed by atoms with Gasteiger partial charge in [0.1, 0.15) is 5.82 Å². The van der Waals surface area contributed by atoms with Crippen LogP contribution < -0.4 is 5.32 Å². The molecule has 1 N–H and O–H groups in total. The average molecular weight is 291 g/mol. The average Bonchev–Trinajstić information content (AvgIpc) is 2.36. The summed E-state index contributed by atoms with van der Waals surface area (Å²) in [6.07, 6.45) is -3.68. The van der Waals surface area contributed by atoms with Crippen LogP contribution in [0.1, 0.15) is 37.3 Å². The fraction of sp³-hybridized carbons (Fsp3) is 0.600. The van der Waals surface area contributed by atoms with E-state index in [1.807, 2.05) is 13.8 Å². The van der Waals surface area contributed by atoms with Crippen LogP contribution in [0.15, 0.2) is 18.2 Å². The molecule has 0 fully saturated rings. The van der Waals surface area contributed by atoms with Crippen molar-refractivity contribution >= 4 is 0 Å². The van der Waals surface area contributed by atoms with E-state index < -0.39 is 12.6 Å². The van der Waals surface area contributed by atoms with E-state index in [1.54, 1.807) is 6.07 Å². The standard InChI is InChI=1S/C15H21F4N/c1-3-8-20-14(6-7-15(17,18)19)10-12-9-13(16)5-4-11(12)2/h4-5,9,14,20H,3,6-8,10H2,1-2H3. The molecule has 5 heteroatoms. The molecule has 1 unspecified atom stereocenters. The van der Waals surface area contributed by atoms with Crippen molar-refractivity contribution in [3.8, 4) is 0 Å². The van der Waals surface area contributed by atoms with Gasteiger partial charge in [-0.25, -0.2) is 4.39 Å². The third kappa shape index (κ3) is 6.37. The summed E-state index contributed by atoms with van der Waals surface area (Å²) in [4.78, 5) is 0. The number of hydrogen-bond donors (Lipinski definition) is 1. The normalized spacial score (nSPS) is 13.5. The Morgan fingerprint density at radius 1 is 1.25 bits per heavy atom. The first-order valence-electron chi connectivity index (χ1n) is 6.87. The molecule has 0 aliphatic heterocycles. The Balaban J connectivity index is 2.70. The van der Waals surface area contributed by atoms with Gasteiger partial charge in [0.15, 0.2) is 0 Å². The molecule has 1 rings (SSSR count). The van der Waals surface area contributed by atoms with Gasteiger partial charge in [-0.15, -0.1) is 0 Å². The minimum atomic E-state index is -4.15. The summed E-state index contributed by atoms with van der Waals surface area (Å²) in [5.41, 5.74) is 1.67. The Morgan fingerprint density at radius 3 is 2.55 bits per heavy atom. The minimum absolute atomic E-state index is 0.0133. The van der Waals surface area contributed by atoms with E-state index in [-0.39, 0.29) is 18.3 Å². The van der Waals surface area contributed by atoms with Crippen LogP contribution in [0.3, 0.4) is 0 Å². The predicted octanol–water partition coefficient (Wildman–Crippen LogP) is 4.39. The number of hydrogen-bond acceptors (Lipinski definition) is 1. The van der Waals surface area contributed by atoms with Crippen LogP contribution in [-0.2, 0) is 6.42 Å². The Bertz CT molecular complexity index is 415. The van der Waals surface area contributed by atoms with Crippen LogP contribution in [0.25, 0.3) is 0 Å². The monoisotopic (exact) mass is 291 g/mol. The van der Waals surface area contributed by atoms with Crippen LogP contribution >= 0.6 is 0 Å². The fourth-order valence-electron chi connectivity index (χ4n) is 2.09. The third-order valence-electron chi connectivity index (χ3n) is 3.24. The molecular formula is C15H21F4N. The van der Waals surface area contributed by atoms with Crippen LogP contribution in [0.2, 0.25) is 0 Å². The Morgan fingerprint density at radius 2 is 1.95 bits per heavy atom. The van der Waals surface area contributed by atoms with Crippen molar-refractivity contribution in [1.82, 2.24) is 5.32 Å². The number of alkyl halides is 3. The van der Waals surface area contributed by atoms with Crippen LogP contribution in [0.5, 0.6) is 0 Å². The highest BCUT2D eigenvalue weighted by atomic mass is 19.4. The lowest BCUT2D eigenvalue weighted by Crippen LogP contribution is -2.33. The van der Waals surface area contributed by atoms with Gasteiger partial charge in [-0.3, -0.25) is 0 Å². The van der Waals surface area contributed by atoms with Gasteiger partial charge in [-0.1, -0.05) is 13.0 Å². The predicted molar refractivity (Wildman–Crippen MR) is 72.2 cm³/mol. The molecule has 0 saturated heterocycles. The lowest BCUT2D eigenvalue weighted by molar-refractivity contribution is -0.136. The van der Waals surface area contributed by atoms with E-state index in [0.717, 1.165) is 17.5 Å². The molecule has 114 valence electrons. The molecule has 1 atom stereocenters. The van der Waals surface area contributed by atoms with E-state index in [0.29, 0.717) is 13.0 Å². The van der Waals surface area contributed by atoms with Gasteiger partial charge < -0.3 is 5.32 Å². The summed E-state index contributed by atoms with van der Waals surface area (Å²) in [6.45, 7) is 4.47. The van der Waals surface area contributed by atoms with Crippen molar-refractivity contribution in [2.45, 2.75) is 51.7 Å². The molecule has 1 nitrogen and oxygen atoms in total. The SMILES string of the molecule is CCCNC(CCC(F)(F)F)Cc1cc(F)ccc1C. The number of halogens is 4. The van der Waals surface area contributed by atoms with Gasteiger partial charge in [0, 0.05) is 12.5 Å². The Hall–Kier alpha value is -1.10. The van der Waals surface area contributed by atoms with Crippen molar-refractivity contribution in [3.63, 3.8) is 0 Å². The summed E-state index contributed by atoms with van der Waals surface area (Å²) < 4.78 is 50.2. The number of nitrogens with one attached hydrogen (secondary N) is 1. The zero-order valence-electron chi connectivity index (χ0n) is 11.9. The molecule has 1 aromatic carbocycles. The summed E-state index contributed by atoms with van der Waals surface area (Å²) >= 11 is 0. The molecule has 0 radical (unpaired) electrons. The second-order valence-electron chi connectivity index (χ2n) is 5.08. The van der Waals surface area contributed by atoms with Crippen molar-refractivity contribution in [2.24, 2.45) is 0 Å². The maximum atomic E-state index is 13.2. The van der Waals surface area contributed by atoms with Gasteiger partial charge in [0.05, 0.1) is 0 Å². The topological polar surface area (TPSA) is 12.0 Å². The number of rotatable bonds is 7. The summed E-state index contributed by atoms with van der Waals surface area (Å²) in [7, 11) is 0. The Labute approximate surface area is 117 Å². The van der Waals surface area contributed by atoms with Crippen LogP contribution in [0, 0.1) is 12.7 Å². The van der Waals surface area contributed by atoms with Gasteiger partial charge in [-0.2, -0.15) is 13.2 Å². The molecular weight excluding hydrogens is 270 g/mol. The van der Waals surface area contributed by atoms with E-state index in [9.17, 15) is 17.6 Å². The third-order valence-corrected chi connectivity index (χ3v) is 3.24. The summed E-state index contributed by atoms with van der Waals surface area (Å²) in [6, 6.07) is 4.15. The van der Waals surface area contributed by atoms with E-state index in [1.165, 1.54) is 12.1 Å². The van der Waals surface area contributed by atoms with Crippen LogP contribution in [0.4, 0.5) is 17.6 Å². The maximum Gasteiger partial charge on any atom is 0.389 e. The van der Waals surface area contributed by atoms with E-state index in [4.69, 9.17) is 0 Å². The maximum absolute atomic E-state index is 13.2. The molecule has 0 bridgehead atoms. The quantitative estimate of drug-likeness (QED) is 0.735. The molecule has 0 saturated carbocycles. The smallest absolute Gasteiger partial charge is 0.314 e. The molecule has 0 heterocycles. The number of benzene rings is 1. The van der Waals surface area contributed by atoms with Gasteiger partial charge in [-0.05, 0) is 56.0 Å². The lowest BCUT2D eigenvalue weighted by atomic mass is 9.98. The first-order chi connectivity index (χ1) is 9.31. The van der Waals surface area contributed by atoms with Crippen molar-refractivity contribution < 1.29 is 17.6 Å². The fourth-order valence-corrected chi connectivity index (χ4v) is 2.09. The minimum Gasteiger partial charge on any atom is -0.314 e. The highest BCUT2D eigenvalue weighted by Gasteiger charge is 2.28. The molecule has 0 aromatic heterocycles. The van der Waals surface area contributed by atoms with Crippen molar-refractivity contribution in [1.29, 1.82) is 0 Å². The van der Waals surface area contributed by atoms with Crippen LogP contribution in [-0.4, -0.2) is 18.8 Å². The highest BCUT2D eigenvalue weighted by molar-refractivity contribution is 5.27. The first-order valence-corrected chi connectivity index (χ1v) is 6.87. The largest absolute Gasteiger partial charge is 0.389 e. The van der Waals surface area contributed by atoms with Crippen molar-refractivity contribution in [3.05, 3.63) is 35.1 Å². The van der Waals surface area contributed by atoms with Gasteiger partial charge in [0.2, 0.25) is 0 Å². The second kappa shape index (κ2) is 7.62. The Kier molecular flexibility index (Phi) is 6.46. The van der Waals surface area contributed by atoms with E-state index in [2.05, 4.69) is 5.32 Å². The summed E-state index contributed by atoms with van der Waals surface area (Å²) in [5.74, 6) is -0.351. The molecule has 0 aliphatic rings. The van der Waals surface area contributed by atoms with Crippen molar-refractivity contribution in [2.75, 3.05) is 6.54 Å². The highest BCUT2D eigenvalue weighted by Crippen LogP contribution is 2.24. The zero-order chi connectivity index (χ0) is 15.2. The zero-order valence-corrected chi connectivity index (χ0v) is 11.9. The molecule has 1 aromatic rings. The van der Waals surface area contributed by atoms with E-state index >= 15 is 0 Å². The second-order valence-corrected chi connectivity index (χ2v) is 5.08. The molecule has 0 aliphatic carbocycles. The van der Waals surface area contributed by atoms with Gasteiger partial charge in [0.25, 0.3) is 0 Å². The number of aryl methyl sites for hydroxylation is 1. The summed E-state index contributed by atoms with van der Waals surface area (Å²) in [5, 5.41) is 3.11. The molecule has 0 amide bonds. The lowest BCUT2D eigenvalue weighted by Gasteiger charge is -2.20. The first kappa shape index (κ1) is 17.0. The molecule has 0 spiro atoms. The molecule has 20 heavy (non-hydrogen) atoms. The van der Waals surface area contributed by atoms with Gasteiger partial charge >= 0.3 is 6.18 Å².